The number of ether oxygens (including phenoxy) is 2. The van der Waals surface area contributed by atoms with Gasteiger partial charge < -0.3 is 9.47 Å². The molecule has 0 bridgehead atoms. The van der Waals surface area contributed by atoms with E-state index in [4.69, 9.17) is 9.47 Å². The second-order valence-corrected chi connectivity index (χ2v) is 7.54. The fourth-order valence-electron chi connectivity index (χ4n) is 3.77. The summed E-state index contributed by atoms with van der Waals surface area (Å²) in [6.45, 7) is 0. The zero-order valence-corrected chi connectivity index (χ0v) is 14.8. The van der Waals surface area contributed by atoms with E-state index >= 15 is 0 Å². The van der Waals surface area contributed by atoms with Crippen LogP contribution in [-0.2, 0) is 19.1 Å². The molecule has 0 heterocycles. The number of hydrogen-bond acceptors (Lipinski definition) is 4. The first kappa shape index (κ1) is 21.0. The van der Waals surface area contributed by atoms with Crippen molar-refractivity contribution in [3.63, 3.8) is 0 Å². The van der Waals surface area contributed by atoms with Gasteiger partial charge in [0.15, 0.2) is 0 Å². The molecule has 0 aromatic rings. The predicted molar refractivity (Wildman–Crippen MR) is 82.7 cm³/mol. The van der Waals surface area contributed by atoms with Crippen molar-refractivity contribution in [1.82, 2.24) is 0 Å². The maximum Gasteiger partial charge on any atom is 0.395 e. The Morgan fingerprint density at radius 1 is 0.750 bits per heavy atom. The molecule has 3 aliphatic rings. The Morgan fingerprint density at radius 3 is 1.68 bits per heavy atom. The van der Waals surface area contributed by atoms with Crippen LogP contribution >= 0.6 is 0 Å². The summed E-state index contributed by atoms with van der Waals surface area (Å²) in [6.07, 6.45) is -8.08. The molecule has 0 aromatic carbocycles. The fourth-order valence-corrected chi connectivity index (χ4v) is 3.77. The quantitative estimate of drug-likeness (QED) is 0.390. The minimum Gasteiger partial charge on any atom is -0.461 e. The van der Waals surface area contributed by atoms with Crippen LogP contribution in [0, 0.1) is 23.7 Å². The van der Waals surface area contributed by atoms with Crippen molar-refractivity contribution in [3.8, 4) is 0 Å². The lowest BCUT2D eigenvalue weighted by molar-refractivity contribution is -0.240. The van der Waals surface area contributed by atoms with E-state index in [-0.39, 0.29) is 32.1 Å². The Labute approximate surface area is 157 Å². The fraction of sp³-hybridized carbons (Fsp3) is 0.778. The summed E-state index contributed by atoms with van der Waals surface area (Å²) in [5.41, 5.74) is 0. The Balaban J connectivity index is 1.60. The third-order valence-corrected chi connectivity index (χ3v) is 5.79. The Morgan fingerprint density at radius 2 is 1.25 bits per heavy atom. The van der Waals surface area contributed by atoms with Crippen LogP contribution in [0.15, 0.2) is 12.2 Å². The van der Waals surface area contributed by atoms with Gasteiger partial charge in [0.2, 0.25) is 0 Å². The zero-order chi connectivity index (χ0) is 20.7. The number of allylic oxidation sites excluding steroid dienone is 1. The van der Waals surface area contributed by atoms with Gasteiger partial charge in [-0.15, -0.1) is 0 Å². The lowest BCUT2D eigenvalue weighted by Gasteiger charge is -2.39. The molecule has 158 valence electrons. The van der Waals surface area contributed by atoms with Crippen molar-refractivity contribution in [1.29, 1.82) is 0 Å². The van der Waals surface area contributed by atoms with Crippen molar-refractivity contribution in [3.05, 3.63) is 12.2 Å². The van der Waals surface area contributed by atoms with Crippen molar-refractivity contribution in [2.24, 2.45) is 23.7 Å². The molecule has 0 aromatic heterocycles. The van der Waals surface area contributed by atoms with Crippen LogP contribution in [0.25, 0.3) is 0 Å². The van der Waals surface area contributed by atoms with Crippen LogP contribution in [-0.4, -0.2) is 36.5 Å². The first-order chi connectivity index (χ1) is 13.0. The summed E-state index contributed by atoms with van der Waals surface area (Å²) in [4.78, 5) is 24.7. The minimum absolute atomic E-state index is 0.0802. The van der Waals surface area contributed by atoms with Crippen molar-refractivity contribution < 1.29 is 45.4 Å². The van der Waals surface area contributed by atoms with Crippen LogP contribution in [0.5, 0.6) is 0 Å². The number of halogens is 6. The second-order valence-electron chi connectivity index (χ2n) is 7.54. The number of esters is 2. The van der Waals surface area contributed by atoms with E-state index in [0.29, 0.717) is 6.42 Å². The maximum atomic E-state index is 12.8. The highest BCUT2D eigenvalue weighted by Crippen LogP contribution is 2.45. The molecule has 0 amide bonds. The second kappa shape index (κ2) is 7.59. The van der Waals surface area contributed by atoms with Gasteiger partial charge in [0, 0.05) is 0 Å². The number of carbonyl (C=O) groups excluding carboxylic acids is 2. The van der Waals surface area contributed by atoms with Gasteiger partial charge in [0.1, 0.15) is 12.2 Å². The Kier molecular flexibility index (Phi) is 5.69. The number of hydrogen-bond donors (Lipinski definition) is 0. The number of carbonyl (C=O) groups is 2. The third-order valence-electron chi connectivity index (χ3n) is 5.79. The molecule has 4 nitrogen and oxygen atoms in total. The predicted octanol–water partition coefficient (Wildman–Crippen LogP) is 4.34. The van der Waals surface area contributed by atoms with Crippen molar-refractivity contribution >= 4 is 11.9 Å². The van der Waals surface area contributed by atoms with Crippen LogP contribution < -0.4 is 0 Å². The molecule has 3 aliphatic carbocycles. The van der Waals surface area contributed by atoms with E-state index in [1.165, 1.54) is 6.08 Å². The molecular weight excluding hydrogens is 394 g/mol. The molecule has 0 saturated heterocycles. The molecular formula is C18H20F6O4. The smallest absolute Gasteiger partial charge is 0.395 e. The molecule has 0 N–H and O–H groups in total. The highest BCUT2D eigenvalue weighted by molar-refractivity contribution is 5.84. The van der Waals surface area contributed by atoms with Crippen molar-refractivity contribution in [2.45, 2.75) is 63.1 Å². The normalized spacial score (nSPS) is 35.5. The summed E-state index contributed by atoms with van der Waals surface area (Å²) in [6, 6.07) is 0. The highest BCUT2D eigenvalue weighted by Gasteiger charge is 2.54. The summed E-state index contributed by atoms with van der Waals surface area (Å²) in [7, 11) is 0. The number of rotatable bonds is 4. The van der Waals surface area contributed by atoms with E-state index in [2.05, 4.69) is 0 Å². The largest absolute Gasteiger partial charge is 0.461 e. The zero-order valence-electron chi connectivity index (χ0n) is 14.8. The minimum atomic E-state index is -4.47. The van der Waals surface area contributed by atoms with E-state index in [1.54, 1.807) is 6.08 Å². The van der Waals surface area contributed by atoms with Gasteiger partial charge >= 0.3 is 24.3 Å². The summed E-state index contributed by atoms with van der Waals surface area (Å²) >= 11 is 0. The third kappa shape index (κ3) is 4.30. The lowest BCUT2D eigenvalue weighted by atomic mass is 9.79. The monoisotopic (exact) mass is 414 g/mol. The summed E-state index contributed by atoms with van der Waals surface area (Å²) in [5, 5.41) is 0. The average Bonchev–Trinajstić information content (AvgIpc) is 2.51. The molecule has 6 atom stereocenters. The van der Waals surface area contributed by atoms with Gasteiger partial charge in [-0.3, -0.25) is 9.59 Å². The van der Waals surface area contributed by atoms with Crippen LogP contribution in [0.3, 0.4) is 0 Å². The van der Waals surface area contributed by atoms with E-state index < -0.39 is 60.2 Å². The van der Waals surface area contributed by atoms with Crippen LogP contribution in [0.2, 0.25) is 0 Å². The molecule has 2 fully saturated rings. The summed E-state index contributed by atoms with van der Waals surface area (Å²) in [5.74, 6) is -7.57. The number of alkyl halides is 6. The molecule has 6 unspecified atom stereocenters. The highest BCUT2D eigenvalue weighted by atomic mass is 19.4. The molecule has 28 heavy (non-hydrogen) atoms. The van der Waals surface area contributed by atoms with E-state index in [9.17, 15) is 35.9 Å². The molecule has 0 radical (unpaired) electrons. The molecule has 10 heteroatoms. The van der Waals surface area contributed by atoms with E-state index in [1.807, 2.05) is 0 Å². The Bertz CT molecular complexity index is 641. The average molecular weight is 414 g/mol. The molecule has 0 spiro atoms. The van der Waals surface area contributed by atoms with Gasteiger partial charge in [-0.05, 0) is 38.5 Å². The SMILES string of the molecule is O=C(OC1CCC1C(F)(F)F)C1C=CCCC1C(=O)OC1CCC1C(F)(F)F. The first-order valence-electron chi connectivity index (χ1n) is 9.19. The van der Waals surface area contributed by atoms with Gasteiger partial charge in [-0.1, -0.05) is 12.2 Å². The van der Waals surface area contributed by atoms with Crippen molar-refractivity contribution in [2.75, 3.05) is 0 Å². The maximum absolute atomic E-state index is 12.8. The van der Waals surface area contributed by atoms with Gasteiger partial charge in [-0.25, -0.2) is 0 Å². The Hall–Kier alpha value is -1.74. The molecule has 0 aliphatic heterocycles. The first-order valence-corrected chi connectivity index (χ1v) is 9.19. The van der Waals surface area contributed by atoms with Crippen LogP contribution in [0.4, 0.5) is 26.3 Å². The van der Waals surface area contributed by atoms with Gasteiger partial charge in [0.05, 0.1) is 23.7 Å². The molecule has 2 saturated carbocycles. The van der Waals surface area contributed by atoms with E-state index in [0.717, 1.165) is 0 Å². The molecule has 3 rings (SSSR count). The van der Waals surface area contributed by atoms with Crippen LogP contribution in [0.1, 0.15) is 38.5 Å². The topological polar surface area (TPSA) is 52.6 Å². The lowest BCUT2D eigenvalue weighted by Crippen LogP contribution is -2.48. The van der Waals surface area contributed by atoms with Gasteiger partial charge in [-0.2, -0.15) is 26.3 Å². The van der Waals surface area contributed by atoms with Gasteiger partial charge in [0.25, 0.3) is 0 Å². The standard InChI is InChI=1S/C18H20F6O4/c19-17(20,21)11-5-7-13(11)27-15(25)9-3-1-2-4-10(9)16(26)28-14-8-6-12(14)18(22,23)24/h1,3,9-14H,2,4-8H2. The summed E-state index contributed by atoms with van der Waals surface area (Å²) < 4.78 is 86.8.